The molecule has 0 bridgehead atoms. The second-order valence-electron chi connectivity index (χ2n) is 6.71. The standard InChI is InChI=1S/C19H23F3N4O2S/c20-19(21,22)13-28-17-14(5-3-7-23-17)11-24-18(27)25-12-15(16-6-4-10-29-16)26-8-1-2-9-26/h3-7,10,15H,1-2,8-9,11-13H2,(H2,24,25,27). The molecule has 0 aliphatic carbocycles. The molecule has 0 saturated carbocycles. The van der Waals surface area contributed by atoms with Crippen LogP contribution in [-0.4, -0.2) is 48.3 Å². The van der Waals surface area contributed by atoms with Gasteiger partial charge in [0.05, 0.1) is 6.04 Å². The van der Waals surface area contributed by atoms with Crippen molar-refractivity contribution in [2.45, 2.75) is 31.6 Å². The first kappa shape index (κ1) is 21.4. The predicted octanol–water partition coefficient (Wildman–Crippen LogP) is 3.72. The molecule has 0 aromatic carbocycles. The van der Waals surface area contributed by atoms with E-state index in [0.717, 1.165) is 25.9 Å². The minimum absolute atomic E-state index is 0.0141. The molecule has 1 atom stereocenters. The topological polar surface area (TPSA) is 66.5 Å². The summed E-state index contributed by atoms with van der Waals surface area (Å²) in [5.74, 6) is -0.140. The number of hydrogen-bond donors (Lipinski definition) is 2. The van der Waals surface area contributed by atoms with Crippen molar-refractivity contribution in [3.05, 3.63) is 46.3 Å². The van der Waals surface area contributed by atoms with Crippen molar-refractivity contribution in [1.29, 1.82) is 0 Å². The van der Waals surface area contributed by atoms with E-state index >= 15 is 0 Å². The maximum absolute atomic E-state index is 12.4. The third-order valence-corrected chi connectivity index (χ3v) is 5.54. The Hall–Kier alpha value is -2.33. The summed E-state index contributed by atoms with van der Waals surface area (Å²) < 4.78 is 41.9. The summed E-state index contributed by atoms with van der Waals surface area (Å²) in [7, 11) is 0. The van der Waals surface area contributed by atoms with E-state index < -0.39 is 18.8 Å². The van der Waals surface area contributed by atoms with Gasteiger partial charge in [0.25, 0.3) is 0 Å². The van der Waals surface area contributed by atoms with E-state index in [-0.39, 0.29) is 18.5 Å². The molecule has 0 spiro atoms. The molecule has 158 valence electrons. The number of halogens is 3. The molecule has 2 aromatic heterocycles. The van der Waals surface area contributed by atoms with Gasteiger partial charge in [0.2, 0.25) is 5.88 Å². The number of nitrogens with one attached hydrogen (secondary N) is 2. The number of carbonyl (C=O) groups is 1. The minimum atomic E-state index is -4.45. The molecule has 1 saturated heterocycles. The van der Waals surface area contributed by atoms with Gasteiger partial charge in [0.1, 0.15) is 0 Å². The molecule has 29 heavy (non-hydrogen) atoms. The Morgan fingerprint density at radius 1 is 1.24 bits per heavy atom. The normalized spacial score (nSPS) is 15.8. The number of hydrogen-bond acceptors (Lipinski definition) is 5. The maximum atomic E-state index is 12.4. The summed E-state index contributed by atoms with van der Waals surface area (Å²) in [4.78, 5) is 19.6. The van der Waals surface area contributed by atoms with Gasteiger partial charge in [-0.25, -0.2) is 9.78 Å². The van der Waals surface area contributed by atoms with Crippen molar-refractivity contribution in [3.63, 3.8) is 0 Å². The third-order valence-electron chi connectivity index (χ3n) is 4.57. The maximum Gasteiger partial charge on any atom is 0.422 e. The number of likely N-dealkylation sites (tertiary alicyclic amines) is 1. The smallest absolute Gasteiger partial charge is 0.422 e. The van der Waals surface area contributed by atoms with Crippen molar-refractivity contribution in [1.82, 2.24) is 20.5 Å². The van der Waals surface area contributed by atoms with E-state index in [2.05, 4.69) is 26.6 Å². The Morgan fingerprint density at radius 3 is 2.72 bits per heavy atom. The molecule has 6 nitrogen and oxygen atoms in total. The van der Waals surface area contributed by atoms with Gasteiger partial charge in [-0.05, 0) is 43.4 Å². The number of amides is 2. The zero-order valence-corrected chi connectivity index (χ0v) is 16.6. The van der Waals surface area contributed by atoms with Gasteiger partial charge in [-0.2, -0.15) is 13.2 Å². The van der Waals surface area contributed by atoms with Crippen LogP contribution in [0.25, 0.3) is 0 Å². The van der Waals surface area contributed by atoms with Gasteiger partial charge in [-0.3, -0.25) is 4.90 Å². The second kappa shape index (κ2) is 9.93. The van der Waals surface area contributed by atoms with Gasteiger partial charge in [0.15, 0.2) is 6.61 Å². The van der Waals surface area contributed by atoms with Crippen molar-refractivity contribution in [3.8, 4) is 5.88 Å². The van der Waals surface area contributed by atoms with Gasteiger partial charge in [-0.1, -0.05) is 12.1 Å². The molecule has 1 unspecified atom stereocenters. The van der Waals surface area contributed by atoms with Crippen LogP contribution in [0.5, 0.6) is 5.88 Å². The molecular formula is C19H23F3N4O2S. The van der Waals surface area contributed by atoms with Crippen LogP contribution in [-0.2, 0) is 6.54 Å². The van der Waals surface area contributed by atoms with E-state index in [1.165, 1.54) is 11.1 Å². The highest BCUT2D eigenvalue weighted by atomic mass is 32.1. The third kappa shape index (κ3) is 6.60. The lowest BCUT2D eigenvalue weighted by Gasteiger charge is -2.27. The summed E-state index contributed by atoms with van der Waals surface area (Å²) >= 11 is 1.66. The Kier molecular flexibility index (Phi) is 7.32. The number of pyridine rings is 1. The number of rotatable bonds is 8. The molecule has 1 aliphatic heterocycles. The van der Waals surface area contributed by atoms with Crippen LogP contribution in [0.4, 0.5) is 18.0 Å². The zero-order valence-electron chi connectivity index (χ0n) is 15.7. The Morgan fingerprint density at radius 2 is 2.03 bits per heavy atom. The minimum Gasteiger partial charge on any atom is -0.468 e. The Labute approximate surface area is 171 Å². The summed E-state index contributed by atoms with van der Waals surface area (Å²) in [5.41, 5.74) is 0.376. The molecule has 0 radical (unpaired) electrons. The number of ether oxygens (including phenoxy) is 1. The highest BCUT2D eigenvalue weighted by Crippen LogP contribution is 2.27. The fourth-order valence-corrected chi connectivity index (χ4v) is 4.07. The van der Waals surface area contributed by atoms with Gasteiger partial charge >= 0.3 is 12.2 Å². The largest absolute Gasteiger partial charge is 0.468 e. The monoisotopic (exact) mass is 428 g/mol. The quantitative estimate of drug-likeness (QED) is 0.673. The van der Waals surface area contributed by atoms with Crippen molar-refractivity contribution >= 4 is 17.4 Å². The van der Waals surface area contributed by atoms with Gasteiger partial charge < -0.3 is 15.4 Å². The first-order valence-corrected chi connectivity index (χ1v) is 10.2. The van der Waals surface area contributed by atoms with Crippen LogP contribution in [0.3, 0.4) is 0 Å². The summed E-state index contributed by atoms with van der Waals surface area (Å²) in [6, 6.07) is 6.93. The van der Waals surface area contributed by atoms with Crippen LogP contribution in [0.2, 0.25) is 0 Å². The van der Waals surface area contributed by atoms with Crippen molar-refractivity contribution in [2.24, 2.45) is 0 Å². The lowest BCUT2D eigenvalue weighted by atomic mass is 10.2. The van der Waals surface area contributed by atoms with Crippen LogP contribution in [0.1, 0.15) is 29.3 Å². The van der Waals surface area contributed by atoms with Gasteiger partial charge in [-0.15, -0.1) is 11.3 Å². The molecule has 1 aliphatic rings. The SMILES string of the molecule is O=C(NCc1cccnc1OCC(F)(F)F)NCC(c1cccs1)N1CCCC1. The number of aromatic nitrogens is 1. The van der Waals surface area contributed by atoms with E-state index in [9.17, 15) is 18.0 Å². The van der Waals surface area contributed by atoms with Crippen molar-refractivity contribution in [2.75, 3.05) is 26.2 Å². The molecule has 2 aromatic rings. The van der Waals surface area contributed by atoms with E-state index in [0.29, 0.717) is 12.1 Å². The van der Waals surface area contributed by atoms with Gasteiger partial charge in [0, 0.05) is 29.7 Å². The number of thiophene rings is 1. The van der Waals surface area contributed by atoms with Crippen molar-refractivity contribution < 1.29 is 22.7 Å². The lowest BCUT2D eigenvalue weighted by Crippen LogP contribution is -2.41. The Balaban J connectivity index is 1.52. The predicted molar refractivity (Wildman–Crippen MR) is 104 cm³/mol. The summed E-state index contributed by atoms with van der Waals surface area (Å²) in [5, 5.41) is 7.55. The molecule has 2 amide bonds. The highest BCUT2D eigenvalue weighted by molar-refractivity contribution is 7.10. The number of alkyl halides is 3. The molecular weight excluding hydrogens is 405 g/mol. The molecule has 2 N–H and O–H groups in total. The average molecular weight is 428 g/mol. The van der Waals surface area contributed by atoms with E-state index in [1.807, 2.05) is 11.4 Å². The molecule has 3 rings (SSSR count). The van der Waals surface area contributed by atoms with E-state index in [1.54, 1.807) is 23.5 Å². The highest BCUT2D eigenvalue weighted by Gasteiger charge is 2.29. The summed E-state index contributed by atoms with van der Waals surface area (Å²) in [6.07, 6.45) is -0.811. The number of carbonyl (C=O) groups excluding carboxylic acids is 1. The zero-order chi connectivity index (χ0) is 20.7. The number of urea groups is 1. The van der Waals surface area contributed by atoms with Crippen LogP contribution >= 0.6 is 11.3 Å². The van der Waals surface area contributed by atoms with E-state index in [4.69, 9.17) is 4.74 Å². The summed E-state index contributed by atoms with van der Waals surface area (Å²) in [6.45, 7) is 1.04. The first-order valence-electron chi connectivity index (χ1n) is 9.35. The number of nitrogens with zero attached hydrogens (tertiary/aromatic N) is 2. The van der Waals surface area contributed by atoms with Crippen LogP contribution < -0.4 is 15.4 Å². The first-order chi connectivity index (χ1) is 13.9. The second-order valence-corrected chi connectivity index (χ2v) is 7.69. The molecule has 3 heterocycles. The lowest BCUT2D eigenvalue weighted by molar-refractivity contribution is -0.154. The Bertz CT molecular complexity index is 780. The fourth-order valence-electron chi connectivity index (χ4n) is 3.21. The fraction of sp³-hybridized carbons (Fsp3) is 0.474. The molecule has 10 heteroatoms. The van der Waals surface area contributed by atoms with Crippen LogP contribution in [0, 0.1) is 0 Å². The van der Waals surface area contributed by atoms with Crippen LogP contribution in [0.15, 0.2) is 35.8 Å². The molecule has 1 fully saturated rings. The average Bonchev–Trinajstić information content (AvgIpc) is 3.39.